The number of piperazine rings is 1. The molecule has 2 aromatic carbocycles. The van der Waals surface area contributed by atoms with Gasteiger partial charge in [0.1, 0.15) is 5.82 Å². The van der Waals surface area contributed by atoms with Crippen LogP contribution in [0.2, 0.25) is 10.0 Å². The van der Waals surface area contributed by atoms with Crippen LogP contribution in [0.15, 0.2) is 42.5 Å². The summed E-state index contributed by atoms with van der Waals surface area (Å²) in [5.74, 6) is -0.593. The van der Waals surface area contributed by atoms with E-state index in [0.717, 1.165) is 0 Å². The highest BCUT2D eigenvalue weighted by molar-refractivity contribution is 6.43. The van der Waals surface area contributed by atoms with Crippen molar-refractivity contribution < 1.29 is 14.0 Å². The largest absolute Gasteiger partial charge is 0.366 e. The van der Waals surface area contributed by atoms with Gasteiger partial charge < -0.3 is 15.1 Å². The van der Waals surface area contributed by atoms with Crippen LogP contribution in [-0.4, -0.2) is 42.9 Å². The van der Waals surface area contributed by atoms with Gasteiger partial charge in [0.25, 0.3) is 0 Å². The summed E-state index contributed by atoms with van der Waals surface area (Å²) in [6, 6.07) is 11.7. The van der Waals surface area contributed by atoms with Crippen molar-refractivity contribution in [2.45, 2.75) is 19.8 Å². The molecule has 2 aromatic rings. The quantitative estimate of drug-likeness (QED) is 0.683. The van der Waals surface area contributed by atoms with Crippen LogP contribution in [0.5, 0.6) is 0 Å². The zero-order chi connectivity index (χ0) is 21.7. The SMILES string of the molecule is CC(CC(=O)Nc1cccc(Cl)c1Cl)CC(=O)N1CCN(c2ccccc2F)CC1. The highest BCUT2D eigenvalue weighted by Crippen LogP contribution is 2.30. The van der Waals surface area contributed by atoms with Gasteiger partial charge >= 0.3 is 0 Å². The molecule has 0 saturated carbocycles. The van der Waals surface area contributed by atoms with Crippen molar-refractivity contribution in [2.24, 2.45) is 5.92 Å². The van der Waals surface area contributed by atoms with Crippen LogP contribution in [0.4, 0.5) is 15.8 Å². The van der Waals surface area contributed by atoms with Crippen molar-refractivity contribution in [3.05, 3.63) is 58.3 Å². The molecule has 3 rings (SSSR count). The Morgan fingerprint density at radius 3 is 2.43 bits per heavy atom. The number of carbonyl (C=O) groups excluding carboxylic acids is 2. The van der Waals surface area contributed by atoms with Gasteiger partial charge in [0.15, 0.2) is 0 Å². The lowest BCUT2D eigenvalue weighted by molar-refractivity contribution is -0.132. The molecule has 1 fully saturated rings. The summed E-state index contributed by atoms with van der Waals surface area (Å²) >= 11 is 12.0. The fourth-order valence-electron chi connectivity index (χ4n) is 3.52. The van der Waals surface area contributed by atoms with Crippen molar-refractivity contribution in [1.82, 2.24) is 4.90 Å². The number of rotatable bonds is 6. The van der Waals surface area contributed by atoms with E-state index in [2.05, 4.69) is 5.32 Å². The minimum atomic E-state index is -0.253. The maximum atomic E-state index is 14.0. The molecular weight excluding hydrogens is 428 g/mol. The fraction of sp³-hybridized carbons (Fsp3) is 0.364. The number of para-hydroxylation sites is 1. The number of hydrogen-bond donors (Lipinski definition) is 1. The van der Waals surface area contributed by atoms with Gasteiger partial charge in [-0.15, -0.1) is 0 Å². The van der Waals surface area contributed by atoms with Crippen molar-refractivity contribution in [3.63, 3.8) is 0 Å². The van der Waals surface area contributed by atoms with Crippen LogP contribution in [0.25, 0.3) is 0 Å². The third kappa shape index (κ3) is 5.64. The summed E-state index contributed by atoms with van der Waals surface area (Å²) in [6.07, 6.45) is 0.472. The number of anilines is 2. The van der Waals surface area contributed by atoms with Gasteiger partial charge in [-0.2, -0.15) is 0 Å². The number of benzene rings is 2. The van der Waals surface area contributed by atoms with E-state index in [1.807, 2.05) is 11.8 Å². The number of nitrogens with one attached hydrogen (secondary N) is 1. The molecule has 5 nitrogen and oxygen atoms in total. The molecule has 1 heterocycles. The maximum absolute atomic E-state index is 14.0. The standard InChI is InChI=1S/C22H24Cl2FN3O2/c1-15(13-20(29)26-18-7-4-5-16(23)22(18)24)14-21(30)28-11-9-27(10-12-28)19-8-3-2-6-17(19)25/h2-8,15H,9-14H2,1H3,(H,26,29). The molecular formula is C22H24Cl2FN3O2. The van der Waals surface area contributed by atoms with Crippen LogP contribution < -0.4 is 10.2 Å². The van der Waals surface area contributed by atoms with Crippen LogP contribution >= 0.6 is 23.2 Å². The molecule has 1 N–H and O–H groups in total. The summed E-state index contributed by atoms with van der Waals surface area (Å²) in [5, 5.41) is 3.40. The number of nitrogens with zero attached hydrogens (tertiary/aromatic N) is 2. The molecule has 2 amide bonds. The highest BCUT2D eigenvalue weighted by atomic mass is 35.5. The summed E-state index contributed by atoms with van der Waals surface area (Å²) in [7, 11) is 0. The Labute approximate surface area is 185 Å². The number of hydrogen-bond acceptors (Lipinski definition) is 3. The lowest BCUT2D eigenvalue weighted by Crippen LogP contribution is -2.49. The van der Waals surface area contributed by atoms with E-state index >= 15 is 0 Å². The zero-order valence-corrected chi connectivity index (χ0v) is 18.2. The molecule has 1 aliphatic heterocycles. The molecule has 0 aromatic heterocycles. The Morgan fingerprint density at radius 1 is 1.03 bits per heavy atom. The third-order valence-electron chi connectivity index (χ3n) is 5.11. The minimum Gasteiger partial charge on any atom is -0.366 e. The van der Waals surface area contributed by atoms with Gasteiger partial charge in [-0.25, -0.2) is 4.39 Å². The Hall–Kier alpha value is -2.31. The van der Waals surface area contributed by atoms with E-state index < -0.39 is 0 Å². The van der Waals surface area contributed by atoms with E-state index in [1.54, 1.807) is 41.3 Å². The topological polar surface area (TPSA) is 52.7 Å². The number of amides is 2. The lowest BCUT2D eigenvalue weighted by Gasteiger charge is -2.36. The molecule has 160 valence electrons. The fourth-order valence-corrected chi connectivity index (χ4v) is 3.87. The maximum Gasteiger partial charge on any atom is 0.224 e. The molecule has 8 heteroatoms. The first-order valence-corrected chi connectivity index (χ1v) is 10.6. The second-order valence-electron chi connectivity index (χ2n) is 7.48. The van der Waals surface area contributed by atoms with E-state index in [4.69, 9.17) is 23.2 Å². The van der Waals surface area contributed by atoms with Gasteiger partial charge in [0.2, 0.25) is 11.8 Å². The van der Waals surface area contributed by atoms with E-state index in [1.165, 1.54) is 6.07 Å². The first-order chi connectivity index (χ1) is 14.3. The molecule has 0 radical (unpaired) electrons. The monoisotopic (exact) mass is 451 g/mol. The Balaban J connectivity index is 1.46. The Morgan fingerprint density at radius 2 is 1.73 bits per heavy atom. The van der Waals surface area contributed by atoms with Crippen molar-refractivity contribution in [1.29, 1.82) is 0 Å². The van der Waals surface area contributed by atoms with E-state index in [9.17, 15) is 14.0 Å². The molecule has 1 saturated heterocycles. The molecule has 1 aliphatic rings. The predicted molar refractivity (Wildman–Crippen MR) is 119 cm³/mol. The first-order valence-electron chi connectivity index (χ1n) is 9.86. The Bertz CT molecular complexity index is 917. The van der Waals surface area contributed by atoms with E-state index in [-0.39, 0.29) is 36.4 Å². The average Bonchev–Trinajstić information content (AvgIpc) is 2.72. The van der Waals surface area contributed by atoms with Gasteiger partial charge in [-0.1, -0.05) is 48.3 Å². The summed E-state index contributed by atoms with van der Waals surface area (Å²) in [4.78, 5) is 28.6. The van der Waals surface area contributed by atoms with Crippen molar-refractivity contribution in [2.75, 3.05) is 36.4 Å². The molecule has 0 spiro atoms. The molecule has 1 atom stereocenters. The minimum absolute atomic E-state index is 0.00396. The molecule has 0 aliphatic carbocycles. The molecule has 0 bridgehead atoms. The first kappa shape index (κ1) is 22.4. The van der Waals surface area contributed by atoms with Crippen LogP contribution in [0, 0.1) is 11.7 Å². The van der Waals surface area contributed by atoms with Crippen molar-refractivity contribution >= 4 is 46.4 Å². The normalized spacial score (nSPS) is 15.1. The zero-order valence-electron chi connectivity index (χ0n) is 16.7. The van der Waals surface area contributed by atoms with Gasteiger partial charge in [0, 0.05) is 39.0 Å². The number of carbonyl (C=O) groups is 2. The second kappa shape index (κ2) is 10.1. The molecule has 30 heavy (non-hydrogen) atoms. The number of halogens is 3. The van der Waals surface area contributed by atoms with Crippen LogP contribution in [-0.2, 0) is 9.59 Å². The molecule has 1 unspecified atom stereocenters. The van der Waals surface area contributed by atoms with Crippen LogP contribution in [0.1, 0.15) is 19.8 Å². The van der Waals surface area contributed by atoms with Crippen LogP contribution in [0.3, 0.4) is 0 Å². The highest BCUT2D eigenvalue weighted by Gasteiger charge is 2.24. The second-order valence-corrected chi connectivity index (χ2v) is 8.27. The lowest BCUT2D eigenvalue weighted by atomic mass is 10.0. The van der Waals surface area contributed by atoms with Gasteiger partial charge in [0.05, 0.1) is 21.4 Å². The van der Waals surface area contributed by atoms with Crippen molar-refractivity contribution in [3.8, 4) is 0 Å². The summed E-state index contributed by atoms with van der Waals surface area (Å²) in [5.41, 5.74) is 1.02. The Kier molecular flexibility index (Phi) is 7.56. The van der Waals surface area contributed by atoms with Gasteiger partial charge in [-0.05, 0) is 30.2 Å². The van der Waals surface area contributed by atoms with E-state index in [0.29, 0.717) is 47.6 Å². The smallest absolute Gasteiger partial charge is 0.224 e. The average molecular weight is 452 g/mol. The predicted octanol–water partition coefficient (Wildman–Crippen LogP) is 4.84. The third-order valence-corrected chi connectivity index (χ3v) is 5.93. The summed E-state index contributed by atoms with van der Waals surface area (Å²) < 4.78 is 14.0. The van der Waals surface area contributed by atoms with Gasteiger partial charge in [-0.3, -0.25) is 9.59 Å². The summed E-state index contributed by atoms with van der Waals surface area (Å²) in [6.45, 7) is 4.09.